The molecule has 1 unspecified atom stereocenters. The van der Waals surface area contributed by atoms with Crippen molar-refractivity contribution in [3.63, 3.8) is 0 Å². The molecule has 4 heteroatoms. The van der Waals surface area contributed by atoms with Crippen LogP contribution in [0.4, 0.5) is 6.01 Å². The molecular formula is C12H15N3O. The predicted octanol–water partition coefficient (Wildman–Crippen LogP) is 1.98. The number of para-hydroxylation sites is 2. The van der Waals surface area contributed by atoms with E-state index in [4.69, 9.17) is 10.2 Å². The Morgan fingerprint density at radius 1 is 1.44 bits per heavy atom. The van der Waals surface area contributed by atoms with Crippen molar-refractivity contribution in [2.24, 2.45) is 11.7 Å². The molecule has 84 valence electrons. The highest BCUT2D eigenvalue weighted by atomic mass is 16.4. The van der Waals surface area contributed by atoms with Crippen LogP contribution in [-0.4, -0.2) is 17.6 Å². The van der Waals surface area contributed by atoms with Crippen LogP contribution < -0.4 is 11.1 Å². The first-order valence-electron chi connectivity index (χ1n) is 5.68. The van der Waals surface area contributed by atoms with E-state index in [9.17, 15) is 0 Å². The number of nitrogens with zero attached hydrogens (tertiary/aromatic N) is 1. The second-order valence-electron chi connectivity index (χ2n) is 4.37. The maximum atomic E-state index is 5.99. The van der Waals surface area contributed by atoms with Crippen LogP contribution in [0.1, 0.15) is 12.8 Å². The topological polar surface area (TPSA) is 64.1 Å². The van der Waals surface area contributed by atoms with Crippen molar-refractivity contribution in [2.45, 2.75) is 18.9 Å². The Hall–Kier alpha value is -1.55. The zero-order valence-corrected chi connectivity index (χ0v) is 9.02. The predicted molar refractivity (Wildman–Crippen MR) is 63.2 cm³/mol. The first kappa shape index (κ1) is 9.66. The maximum Gasteiger partial charge on any atom is 0.295 e. The van der Waals surface area contributed by atoms with Crippen molar-refractivity contribution in [3.8, 4) is 0 Å². The fraction of sp³-hybridized carbons (Fsp3) is 0.417. The van der Waals surface area contributed by atoms with Crippen molar-refractivity contribution in [1.29, 1.82) is 0 Å². The lowest BCUT2D eigenvalue weighted by Crippen LogP contribution is -2.31. The molecule has 1 saturated carbocycles. The van der Waals surface area contributed by atoms with E-state index in [-0.39, 0.29) is 6.04 Å². The second-order valence-corrected chi connectivity index (χ2v) is 4.37. The molecule has 1 fully saturated rings. The minimum Gasteiger partial charge on any atom is -0.424 e. The van der Waals surface area contributed by atoms with Crippen LogP contribution in [0.5, 0.6) is 0 Å². The molecule has 0 saturated heterocycles. The first-order chi connectivity index (χ1) is 7.83. The molecule has 3 rings (SSSR count). The molecule has 0 amide bonds. The van der Waals surface area contributed by atoms with Crippen LogP contribution in [0.2, 0.25) is 0 Å². The fourth-order valence-corrected chi connectivity index (χ4v) is 1.84. The van der Waals surface area contributed by atoms with Gasteiger partial charge in [0.25, 0.3) is 6.01 Å². The molecule has 1 aromatic carbocycles. The van der Waals surface area contributed by atoms with Gasteiger partial charge in [0, 0.05) is 12.6 Å². The molecule has 1 aliphatic rings. The molecule has 4 nitrogen and oxygen atoms in total. The van der Waals surface area contributed by atoms with Gasteiger partial charge in [-0.15, -0.1) is 0 Å². The Morgan fingerprint density at radius 3 is 3.00 bits per heavy atom. The van der Waals surface area contributed by atoms with Crippen molar-refractivity contribution in [1.82, 2.24) is 4.98 Å². The summed E-state index contributed by atoms with van der Waals surface area (Å²) in [7, 11) is 0. The van der Waals surface area contributed by atoms with Gasteiger partial charge in [-0.2, -0.15) is 4.98 Å². The lowest BCUT2D eigenvalue weighted by molar-refractivity contribution is 0.580. The minimum atomic E-state index is 0.218. The molecule has 1 atom stereocenters. The summed E-state index contributed by atoms with van der Waals surface area (Å²) in [5, 5.41) is 3.15. The van der Waals surface area contributed by atoms with Gasteiger partial charge < -0.3 is 15.5 Å². The van der Waals surface area contributed by atoms with Crippen LogP contribution in [0.25, 0.3) is 11.1 Å². The van der Waals surface area contributed by atoms with Gasteiger partial charge in [-0.25, -0.2) is 0 Å². The van der Waals surface area contributed by atoms with Crippen LogP contribution in [0.15, 0.2) is 28.7 Å². The third-order valence-corrected chi connectivity index (χ3v) is 3.01. The molecule has 16 heavy (non-hydrogen) atoms. The lowest BCUT2D eigenvalue weighted by Gasteiger charge is -2.09. The number of rotatable bonds is 4. The molecule has 0 spiro atoms. The van der Waals surface area contributed by atoms with Gasteiger partial charge in [-0.05, 0) is 30.9 Å². The Labute approximate surface area is 93.8 Å². The van der Waals surface area contributed by atoms with Gasteiger partial charge in [0.1, 0.15) is 5.52 Å². The highest BCUT2D eigenvalue weighted by Crippen LogP contribution is 2.31. The Balaban J connectivity index is 1.69. The number of aromatic nitrogens is 1. The second kappa shape index (κ2) is 3.79. The summed E-state index contributed by atoms with van der Waals surface area (Å²) in [4.78, 5) is 4.33. The zero-order chi connectivity index (χ0) is 11.0. The van der Waals surface area contributed by atoms with Crippen LogP contribution >= 0.6 is 0 Å². The van der Waals surface area contributed by atoms with E-state index in [1.807, 2.05) is 24.3 Å². The third kappa shape index (κ3) is 1.88. The molecule has 3 N–H and O–H groups in total. The normalized spacial score (nSPS) is 17.6. The van der Waals surface area contributed by atoms with Gasteiger partial charge >= 0.3 is 0 Å². The molecule has 1 aromatic heterocycles. The van der Waals surface area contributed by atoms with Crippen molar-refractivity contribution >= 4 is 17.1 Å². The van der Waals surface area contributed by atoms with Gasteiger partial charge in [0.2, 0.25) is 0 Å². The molecule has 0 radical (unpaired) electrons. The van der Waals surface area contributed by atoms with Gasteiger partial charge in [-0.1, -0.05) is 12.1 Å². The van der Waals surface area contributed by atoms with Crippen molar-refractivity contribution in [2.75, 3.05) is 11.9 Å². The van der Waals surface area contributed by atoms with Crippen LogP contribution in [-0.2, 0) is 0 Å². The van der Waals surface area contributed by atoms with Crippen molar-refractivity contribution in [3.05, 3.63) is 24.3 Å². The summed E-state index contributed by atoms with van der Waals surface area (Å²) in [6.45, 7) is 0.734. The van der Waals surface area contributed by atoms with E-state index < -0.39 is 0 Å². The molecule has 2 aromatic rings. The lowest BCUT2D eigenvalue weighted by atomic mass is 10.2. The van der Waals surface area contributed by atoms with E-state index >= 15 is 0 Å². The van der Waals surface area contributed by atoms with E-state index in [1.54, 1.807) is 0 Å². The summed E-state index contributed by atoms with van der Waals surface area (Å²) >= 11 is 0. The largest absolute Gasteiger partial charge is 0.424 e. The number of nitrogens with one attached hydrogen (secondary N) is 1. The fourth-order valence-electron chi connectivity index (χ4n) is 1.84. The summed E-state index contributed by atoms with van der Waals surface area (Å²) in [6.07, 6.45) is 2.52. The smallest absolute Gasteiger partial charge is 0.295 e. The Bertz CT molecular complexity index is 457. The summed E-state index contributed by atoms with van der Waals surface area (Å²) in [5.74, 6) is 0.692. The van der Waals surface area contributed by atoms with E-state index in [0.717, 1.165) is 17.6 Å². The number of oxazole rings is 1. The molecule has 0 aliphatic heterocycles. The van der Waals surface area contributed by atoms with Gasteiger partial charge in [-0.3, -0.25) is 0 Å². The Kier molecular flexibility index (Phi) is 2.29. The molecule has 1 aliphatic carbocycles. The highest BCUT2D eigenvalue weighted by molar-refractivity contribution is 5.74. The summed E-state index contributed by atoms with van der Waals surface area (Å²) in [5.41, 5.74) is 7.68. The number of hydrogen-bond donors (Lipinski definition) is 2. The van der Waals surface area contributed by atoms with Gasteiger partial charge in [0.15, 0.2) is 5.58 Å². The number of hydrogen-bond acceptors (Lipinski definition) is 4. The number of nitrogens with two attached hydrogens (primary N) is 1. The van der Waals surface area contributed by atoms with E-state index in [0.29, 0.717) is 11.9 Å². The first-order valence-corrected chi connectivity index (χ1v) is 5.68. The quantitative estimate of drug-likeness (QED) is 0.821. The minimum absolute atomic E-state index is 0.218. The third-order valence-electron chi connectivity index (χ3n) is 3.01. The van der Waals surface area contributed by atoms with Crippen LogP contribution in [0.3, 0.4) is 0 Å². The van der Waals surface area contributed by atoms with Crippen LogP contribution in [0, 0.1) is 5.92 Å². The van der Waals surface area contributed by atoms with E-state index in [1.165, 1.54) is 12.8 Å². The monoisotopic (exact) mass is 217 g/mol. The average Bonchev–Trinajstić information content (AvgIpc) is 3.06. The number of anilines is 1. The summed E-state index contributed by atoms with van der Waals surface area (Å²) < 4.78 is 5.54. The van der Waals surface area contributed by atoms with Crippen molar-refractivity contribution < 1.29 is 4.42 Å². The number of benzene rings is 1. The van der Waals surface area contributed by atoms with Gasteiger partial charge in [0.05, 0.1) is 0 Å². The highest BCUT2D eigenvalue weighted by Gasteiger charge is 2.28. The Morgan fingerprint density at radius 2 is 2.25 bits per heavy atom. The molecular weight excluding hydrogens is 202 g/mol. The number of fused-ring (bicyclic) bond motifs is 1. The SMILES string of the molecule is NC(CNc1nc2ccccc2o1)C1CC1. The zero-order valence-electron chi connectivity index (χ0n) is 9.02. The molecule has 1 heterocycles. The van der Waals surface area contributed by atoms with E-state index in [2.05, 4.69) is 10.3 Å². The average molecular weight is 217 g/mol. The summed E-state index contributed by atoms with van der Waals surface area (Å²) in [6, 6.07) is 8.52. The standard InChI is InChI=1S/C12H15N3O/c13-9(8-5-6-8)7-14-12-15-10-3-1-2-4-11(10)16-12/h1-4,8-9H,5-7,13H2,(H,14,15). The molecule has 0 bridgehead atoms. The maximum absolute atomic E-state index is 5.99.